The summed E-state index contributed by atoms with van der Waals surface area (Å²) in [6, 6.07) is 16.0. The van der Waals surface area contributed by atoms with Crippen molar-refractivity contribution in [1.82, 2.24) is 10.2 Å². The second-order valence-electron chi connectivity index (χ2n) is 5.96. The summed E-state index contributed by atoms with van der Waals surface area (Å²) >= 11 is 6.00. The molecule has 3 rings (SSSR count). The Morgan fingerprint density at radius 3 is 2.67 bits per heavy atom. The molecule has 0 N–H and O–H groups in total. The summed E-state index contributed by atoms with van der Waals surface area (Å²) < 4.78 is 5.70. The molecule has 3 nitrogen and oxygen atoms in total. The number of halogens is 1. The van der Waals surface area contributed by atoms with Crippen molar-refractivity contribution in [3.63, 3.8) is 0 Å². The molecule has 0 aliphatic carbocycles. The molecule has 0 spiro atoms. The molecule has 0 aliphatic heterocycles. The van der Waals surface area contributed by atoms with Gasteiger partial charge in [-0.25, -0.2) is 0 Å². The van der Waals surface area contributed by atoms with Gasteiger partial charge in [0, 0.05) is 11.1 Å². The minimum absolute atomic E-state index is 0.465. The Morgan fingerprint density at radius 2 is 1.88 bits per heavy atom. The molecule has 24 heavy (non-hydrogen) atoms. The molecule has 0 bridgehead atoms. The third kappa shape index (κ3) is 4.12. The summed E-state index contributed by atoms with van der Waals surface area (Å²) in [5.74, 6) is 1.55. The lowest BCUT2D eigenvalue weighted by atomic mass is 9.97. The maximum Gasteiger partial charge on any atom is 0.240 e. The van der Waals surface area contributed by atoms with Crippen LogP contribution in [0.2, 0.25) is 5.02 Å². The van der Waals surface area contributed by atoms with Gasteiger partial charge in [0.15, 0.2) is 0 Å². The van der Waals surface area contributed by atoms with Crippen LogP contribution in [0.3, 0.4) is 0 Å². The van der Waals surface area contributed by atoms with E-state index in [1.165, 1.54) is 11.1 Å². The first-order valence-corrected chi connectivity index (χ1v) is 8.33. The Balaban J connectivity index is 1.74. The minimum atomic E-state index is 0.465. The smallest absolute Gasteiger partial charge is 0.240 e. The monoisotopic (exact) mass is 338 g/mol. The Kier molecular flexibility index (Phi) is 5.11. The quantitative estimate of drug-likeness (QED) is 0.607. The maximum absolute atomic E-state index is 6.00. The zero-order valence-electron chi connectivity index (χ0n) is 13.7. The molecule has 0 saturated carbocycles. The highest BCUT2D eigenvalue weighted by Gasteiger charge is 2.06. The van der Waals surface area contributed by atoms with E-state index in [0.717, 1.165) is 5.56 Å². The highest BCUT2D eigenvalue weighted by Crippen LogP contribution is 2.21. The summed E-state index contributed by atoms with van der Waals surface area (Å²) in [5.41, 5.74) is 3.52. The SMILES string of the molecule is CC(C)c1ccccc1/C=C/c1nnc(Cc2cccc(Cl)c2)o1. The van der Waals surface area contributed by atoms with Crippen LogP contribution in [0.15, 0.2) is 52.9 Å². The van der Waals surface area contributed by atoms with Crippen molar-refractivity contribution in [2.24, 2.45) is 0 Å². The molecule has 0 aliphatic rings. The molecule has 0 amide bonds. The van der Waals surface area contributed by atoms with Gasteiger partial charge in [0.05, 0.1) is 6.42 Å². The largest absolute Gasteiger partial charge is 0.421 e. The Labute approximate surface area is 147 Å². The second kappa shape index (κ2) is 7.45. The van der Waals surface area contributed by atoms with Gasteiger partial charge in [-0.2, -0.15) is 0 Å². The zero-order valence-corrected chi connectivity index (χ0v) is 14.5. The third-order valence-electron chi connectivity index (χ3n) is 3.75. The molecule has 1 heterocycles. The maximum atomic E-state index is 6.00. The third-order valence-corrected chi connectivity index (χ3v) is 3.99. The van der Waals surface area contributed by atoms with Gasteiger partial charge in [-0.15, -0.1) is 10.2 Å². The number of rotatable bonds is 5. The van der Waals surface area contributed by atoms with E-state index in [1.54, 1.807) is 0 Å². The molecule has 0 atom stereocenters. The van der Waals surface area contributed by atoms with Crippen molar-refractivity contribution in [3.05, 3.63) is 82.0 Å². The summed E-state index contributed by atoms with van der Waals surface area (Å²) in [5, 5.41) is 8.89. The van der Waals surface area contributed by atoms with Crippen LogP contribution < -0.4 is 0 Å². The standard InChI is InChI=1S/C20H19ClN2O/c1-14(2)18-9-4-3-7-16(18)10-11-19-22-23-20(24-19)13-15-6-5-8-17(21)12-15/h3-12,14H,13H2,1-2H3/b11-10+. The molecule has 0 radical (unpaired) electrons. The molecule has 3 aromatic rings. The predicted molar refractivity (Wildman–Crippen MR) is 98.0 cm³/mol. The van der Waals surface area contributed by atoms with Crippen molar-refractivity contribution >= 4 is 23.8 Å². The lowest BCUT2D eigenvalue weighted by Gasteiger charge is -2.08. The number of aromatic nitrogens is 2. The van der Waals surface area contributed by atoms with Crippen LogP contribution in [0.5, 0.6) is 0 Å². The molecular weight excluding hydrogens is 320 g/mol. The van der Waals surface area contributed by atoms with Crippen LogP contribution >= 0.6 is 11.6 Å². The second-order valence-corrected chi connectivity index (χ2v) is 6.39. The molecule has 2 aromatic carbocycles. The van der Waals surface area contributed by atoms with E-state index in [2.05, 4.69) is 42.2 Å². The number of nitrogens with zero attached hydrogens (tertiary/aromatic N) is 2. The summed E-state index contributed by atoms with van der Waals surface area (Å²) in [6.07, 6.45) is 4.45. The van der Waals surface area contributed by atoms with Crippen LogP contribution in [0, 0.1) is 0 Å². The van der Waals surface area contributed by atoms with Crippen LogP contribution in [-0.2, 0) is 6.42 Å². The fraction of sp³-hybridized carbons (Fsp3) is 0.200. The predicted octanol–water partition coefficient (Wildman–Crippen LogP) is 5.61. The topological polar surface area (TPSA) is 38.9 Å². The van der Waals surface area contributed by atoms with E-state index in [0.29, 0.717) is 29.1 Å². The molecule has 0 unspecified atom stereocenters. The highest BCUT2D eigenvalue weighted by atomic mass is 35.5. The molecule has 122 valence electrons. The van der Waals surface area contributed by atoms with Crippen molar-refractivity contribution < 1.29 is 4.42 Å². The minimum Gasteiger partial charge on any atom is -0.421 e. The Hall–Kier alpha value is -2.39. The van der Waals surface area contributed by atoms with Crippen LogP contribution in [-0.4, -0.2) is 10.2 Å². The van der Waals surface area contributed by atoms with Gasteiger partial charge in [-0.1, -0.05) is 61.8 Å². The lowest BCUT2D eigenvalue weighted by molar-refractivity contribution is 0.496. The molecular formula is C20H19ClN2O. The normalized spacial score (nSPS) is 11.5. The van der Waals surface area contributed by atoms with Crippen molar-refractivity contribution in [3.8, 4) is 0 Å². The van der Waals surface area contributed by atoms with Crippen LogP contribution in [0.1, 0.15) is 48.2 Å². The first-order valence-electron chi connectivity index (χ1n) is 7.95. The van der Waals surface area contributed by atoms with E-state index in [4.69, 9.17) is 16.0 Å². The van der Waals surface area contributed by atoms with Crippen LogP contribution in [0.4, 0.5) is 0 Å². The average Bonchev–Trinajstić information content (AvgIpc) is 3.00. The number of benzene rings is 2. The highest BCUT2D eigenvalue weighted by molar-refractivity contribution is 6.30. The van der Waals surface area contributed by atoms with Crippen molar-refractivity contribution in [1.29, 1.82) is 0 Å². The summed E-state index contributed by atoms with van der Waals surface area (Å²) in [4.78, 5) is 0. The molecule has 0 fully saturated rings. The van der Waals surface area contributed by atoms with E-state index < -0.39 is 0 Å². The van der Waals surface area contributed by atoms with E-state index in [-0.39, 0.29) is 0 Å². The molecule has 1 aromatic heterocycles. The Morgan fingerprint density at radius 1 is 1.04 bits per heavy atom. The van der Waals surface area contributed by atoms with E-state index in [9.17, 15) is 0 Å². The molecule has 0 saturated heterocycles. The van der Waals surface area contributed by atoms with Gasteiger partial charge in [0.1, 0.15) is 0 Å². The number of hydrogen-bond acceptors (Lipinski definition) is 3. The lowest BCUT2D eigenvalue weighted by Crippen LogP contribution is -1.90. The number of hydrogen-bond donors (Lipinski definition) is 0. The van der Waals surface area contributed by atoms with Gasteiger partial charge >= 0.3 is 0 Å². The first-order chi connectivity index (χ1) is 11.6. The fourth-order valence-corrected chi connectivity index (χ4v) is 2.79. The van der Waals surface area contributed by atoms with Gasteiger partial charge in [-0.3, -0.25) is 0 Å². The Bertz CT molecular complexity index is 852. The van der Waals surface area contributed by atoms with Gasteiger partial charge in [-0.05, 0) is 40.8 Å². The average molecular weight is 339 g/mol. The summed E-state index contributed by atoms with van der Waals surface area (Å²) in [7, 11) is 0. The summed E-state index contributed by atoms with van der Waals surface area (Å²) in [6.45, 7) is 4.37. The van der Waals surface area contributed by atoms with Gasteiger partial charge in [0.25, 0.3) is 0 Å². The van der Waals surface area contributed by atoms with Crippen molar-refractivity contribution in [2.45, 2.75) is 26.2 Å². The van der Waals surface area contributed by atoms with Crippen LogP contribution in [0.25, 0.3) is 12.2 Å². The van der Waals surface area contributed by atoms with Crippen molar-refractivity contribution in [2.75, 3.05) is 0 Å². The zero-order chi connectivity index (χ0) is 16.9. The first kappa shape index (κ1) is 16.5. The van der Waals surface area contributed by atoms with Gasteiger partial charge in [0.2, 0.25) is 11.8 Å². The van der Waals surface area contributed by atoms with Gasteiger partial charge < -0.3 is 4.42 Å². The van der Waals surface area contributed by atoms with E-state index >= 15 is 0 Å². The van der Waals surface area contributed by atoms with E-state index in [1.807, 2.05) is 42.5 Å². The molecule has 4 heteroatoms. The fourth-order valence-electron chi connectivity index (χ4n) is 2.58.